The lowest BCUT2D eigenvalue weighted by Gasteiger charge is -2.19. The first-order valence-corrected chi connectivity index (χ1v) is 12.1. The summed E-state index contributed by atoms with van der Waals surface area (Å²) in [5.41, 5.74) is -0.348. The van der Waals surface area contributed by atoms with Gasteiger partial charge in [0.25, 0.3) is 0 Å². The van der Waals surface area contributed by atoms with Gasteiger partial charge in [0, 0.05) is 12.8 Å². The number of rotatable bonds is 19. The van der Waals surface area contributed by atoms with Crippen LogP contribution in [0.3, 0.4) is 0 Å². The fourth-order valence-corrected chi connectivity index (χ4v) is 3.54. The van der Waals surface area contributed by atoms with Crippen LogP contribution < -0.4 is 0 Å². The van der Waals surface area contributed by atoms with Gasteiger partial charge in [0.1, 0.15) is 5.60 Å². The Kier molecular flexibility index (Phi) is 18.7. The van der Waals surface area contributed by atoms with Crippen molar-refractivity contribution in [3.8, 4) is 12.3 Å². The maximum Gasteiger partial charge on any atom is 0.306 e. The van der Waals surface area contributed by atoms with Crippen molar-refractivity contribution in [2.75, 3.05) is 0 Å². The third kappa shape index (κ3) is 23.1. The maximum absolute atomic E-state index is 11.6. The van der Waals surface area contributed by atoms with Crippen molar-refractivity contribution in [3.63, 3.8) is 0 Å². The number of carbonyl (C=O) groups excluding carboxylic acids is 1. The van der Waals surface area contributed by atoms with Crippen LogP contribution in [0.5, 0.6) is 0 Å². The first kappa shape index (κ1) is 27.0. The summed E-state index contributed by atoms with van der Waals surface area (Å²) in [4.78, 5) is 11.6. The highest BCUT2D eigenvalue weighted by molar-refractivity contribution is 5.69. The van der Waals surface area contributed by atoms with E-state index in [1.165, 1.54) is 96.3 Å². The Balaban J connectivity index is 3.12. The second-order valence-electron chi connectivity index (χ2n) is 9.30. The van der Waals surface area contributed by atoms with E-state index < -0.39 is 0 Å². The van der Waals surface area contributed by atoms with Crippen LogP contribution in [0.2, 0.25) is 0 Å². The lowest BCUT2D eigenvalue weighted by molar-refractivity contribution is -0.154. The van der Waals surface area contributed by atoms with Gasteiger partial charge in [-0.25, -0.2) is 0 Å². The van der Waals surface area contributed by atoms with Crippen LogP contribution in [0.15, 0.2) is 0 Å². The van der Waals surface area contributed by atoms with E-state index in [1.807, 2.05) is 20.8 Å². The molecular weight excluding hydrogens is 344 g/mol. The van der Waals surface area contributed by atoms with Gasteiger partial charge < -0.3 is 4.74 Å². The molecule has 0 aromatic carbocycles. The highest BCUT2D eigenvalue weighted by Crippen LogP contribution is 2.15. The molecule has 0 amide bonds. The van der Waals surface area contributed by atoms with E-state index in [2.05, 4.69) is 5.92 Å². The molecule has 0 rings (SSSR count). The van der Waals surface area contributed by atoms with Gasteiger partial charge in [-0.1, -0.05) is 96.3 Å². The Labute approximate surface area is 176 Å². The topological polar surface area (TPSA) is 26.3 Å². The van der Waals surface area contributed by atoms with E-state index in [4.69, 9.17) is 11.2 Å². The molecular formula is C26H48O2. The zero-order valence-electron chi connectivity index (χ0n) is 19.3. The van der Waals surface area contributed by atoms with E-state index >= 15 is 0 Å². The molecule has 0 saturated heterocycles. The van der Waals surface area contributed by atoms with Gasteiger partial charge in [0.15, 0.2) is 0 Å². The Morgan fingerprint density at radius 3 is 1.29 bits per heavy atom. The van der Waals surface area contributed by atoms with Crippen molar-refractivity contribution in [2.45, 2.75) is 148 Å². The van der Waals surface area contributed by atoms with Crippen molar-refractivity contribution in [1.82, 2.24) is 0 Å². The molecule has 2 nitrogen and oxygen atoms in total. The normalized spacial score (nSPS) is 11.4. The quantitative estimate of drug-likeness (QED) is 0.125. The summed E-state index contributed by atoms with van der Waals surface area (Å²) in [6.07, 6.45) is 29.4. The van der Waals surface area contributed by atoms with Crippen molar-refractivity contribution in [3.05, 3.63) is 0 Å². The van der Waals surface area contributed by atoms with Gasteiger partial charge in [-0.2, -0.15) is 0 Å². The van der Waals surface area contributed by atoms with Crippen LogP contribution in [0, 0.1) is 12.3 Å². The molecule has 0 N–H and O–H groups in total. The number of hydrogen-bond acceptors (Lipinski definition) is 2. The van der Waals surface area contributed by atoms with Crippen LogP contribution in [0.4, 0.5) is 0 Å². The van der Waals surface area contributed by atoms with Crippen molar-refractivity contribution < 1.29 is 9.53 Å². The Bertz CT molecular complexity index is 386. The molecule has 0 radical (unpaired) electrons. The molecule has 0 aromatic heterocycles. The molecule has 164 valence electrons. The molecule has 0 unspecified atom stereocenters. The Morgan fingerprint density at radius 2 is 0.964 bits per heavy atom. The molecule has 0 aliphatic heterocycles. The van der Waals surface area contributed by atoms with E-state index in [1.54, 1.807) is 0 Å². The number of ether oxygens (including phenoxy) is 1. The summed E-state index contributed by atoms with van der Waals surface area (Å²) in [7, 11) is 0. The van der Waals surface area contributed by atoms with Gasteiger partial charge in [-0.05, 0) is 33.6 Å². The van der Waals surface area contributed by atoms with E-state index in [-0.39, 0.29) is 11.6 Å². The fraction of sp³-hybridized carbons (Fsp3) is 0.885. The van der Waals surface area contributed by atoms with Gasteiger partial charge in [-0.3, -0.25) is 4.79 Å². The van der Waals surface area contributed by atoms with Crippen molar-refractivity contribution in [1.29, 1.82) is 0 Å². The average molecular weight is 393 g/mol. The second-order valence-corrected chi connectivity index (χ2v) is 9.30. The third-order valence-corrected chi connectivity index (χ3v) is 5.12. The Morgan fingerprint density at radius 1 is 0.643 bits per heavy atom. The zero-order chi connectivity index (χ0) is 20.9. The van der Waals surface area contributed by atoms with E-state index in [9.17, 15) is 4.79 Å². The van der Waals surface area contributed by atoms with E-state index in [0.29, 0.717) is 6.42 Å². The van der Waals surface area contributed by atoms with Crippen LogP contribution in [0.1, 0.15) is 143 Å². The molecule has 2 heteroatoms. The summed E-state index contributed by atoms with van der Waals surface area (Å²) >= 11 is 0. The highest BCUT2D eigenvalue weighted by atomic mass is 16.6. The summed E-state index contributed by atoms with van der Waals surface area (Å²) in [6.45, 7) is 5.78. The summed E-state index contributed by atoms with van der Waals surface area (Å²) in [5.74, 6) is 2.67. The summed E-state index contributed by atoms with van der Waals surface area (Å²) < 4.78 is 5.33. The molecule has 0 bridgehead atoms. The smallest absolute Gasteiger partial charge is 0.306 e. The number of unbranched alkanes of at least 4 members (excludes halogenated alkanes) is 17. The molecule has 0 aliphatic carbocycles. The van der Waals surface area contributed by atoms with Gasteiger partial charge in [-0.15, -0.1) is 12.3 Å². The van der Waals surface area contributed by atoms with Crippen LogP contribution in [-0.4, -0.2) is 11.6 Å². The van der Waals surface area contributed by atoms with Crippen LogP contribution in [0.25, 0.3) is 0 Å². The predicted octanol–water partition coefficient (Wildman–Crippen LogP) is 8.37. The standard InChI is InChI=1S/C26H48O2/c1-5-6-7-8-9-10-11-12-13-14-15-16-17-18-19-20-21-22-23-24-25(27)28-26(2,3)4/h1H,6-24H2,2-4H3. The number of carbonyl (C=O) groups is 1. The average Bonchev–Trinajstić information content (AvgIpc) is 2.62. The molecule has 0 atom stereocenters. The lowest BCUT2D eigenvalue weighted by atomic mass is 10.0. The lowest BCUT2D eigenvalue weighted by Crippen LogP contribution is -2.23. The predicted molar refractivity (Wildman–Crippen MR) is 122 cm³/mol. The Hall–Kier alpha value is -0.970. The number of hydrogen-bond donors (Lipinski definition) is 0. The second kappa shape index (κ2) is 19.4. The van der Waals surface area contributed by atoms with E-state index in [0.717, 1.165) is 19.3 Å². The van der Waals surface area contributed by atoms with Crippen LogP contribution >= 0.6 is 0 Å². The molecule has 0 aliphatic rings. The minimum Gasteiger partial charge on any atom is -0.460 e. The third-order valence-electron chi connectivity index (χ3n) is 5.12. The van der Waals surface area contributed by atoms with Crippen LogP contribution in [-0.2, 0) is 9.53 Å². The van der Waals surface area contributed by atoms with Crippen molar-refractivity contribution >= 4 is 5.97 Å². The van der Waals surface area contributed by atoms with Gasteiger partial charge in [0.2, 0.25) is 0 Å². The fourth-order valence-electron chi connectivity index (χ4n) is 3.54. The highest BCUT2D eigenvalue weighted by Gasteiger charge is 2.15. The maximum atomic E-state index is 11.6. The molecule has 0 fully saturated rings. The molecule has 28 heavy (non-hydrogen) atoms. The first-order valence-electron chi connectivity index (χ1n) is 12.1. The molecule has 0 saturated carbocycles. The van der Waals surface area contributed by atoms with Gasteiger partial charge >= 0.3 is 5.97 Å². The first-order chi connectivity index (χ1) is 13.5. The minimum atomic E-state index is -0.348. The number of terminal acetylenes is 1. The molecule has 0 heterocycles. The number of esters is 1. The van der Waals surface area contributed by atoms with Crippen molar-refractivity contribution in [2.24, 2.45) is 0 Å². The summed E-state index contributed by atoms with van der Waals surface area (Å²) in [6, 6.07) is 0. The molecule has 0 spiro atoms. The zero-order valence-corrected chi connectivity index (χ0v) is 19.3. The monoisotopic (exact) mass is 392 g/mol. The molecule has 0 aromatic rings. The minimum absolute atomic E-state index is 0.0486. The largest absolute Gasteiger partial charge is 0.460 e. The summed E-state index contributed by atoms with van der Waals surface area (Å²) in [5, 5.41) is 0. The van der Waals surface area contributed by atoms with Gasteiger partial charge in [0.05, 0.1) is 0 Å². The SMILES string of the molecule is C#CCCCCCCCCCCCCCCCCCCCC(=O)OC(C)(C)C.